The summed E-state index contributed by atoms with van der Waals surface area (Å²) in [6.45, 7) is 11.9. The summed E-state index contributed by atoms with van der Waals surface area (Å²) < 4.78 is 40.3. The maximum absolute atomic E-state index is 13.4. The molecule has 1 aromatic heterocycles. The van der Waals surface area contributed by atoms with E-state index in [2.05, 4.69) is 42.1 Å². The van der Waals surface area contributed by atoms with Crippen LogP contribution < -0.4 is 20.4 Å². The molecule has 0 bridgehead atoms. The average Bonchev–Trinajstić information content (AvgIpc) is 3.45. The third kappa shape index (κ3) is 7.59. The number of amides is 5. The van der Waals surface area contributed by atoms with Gasteiger partial charge in [0.1, 0.15) is 11.9 Å². The van der Waals surface area contributed by atoms with Crippen molar-refractivity contribution in [3.05, 3.63) is 88.4 Å². The highest BCUT2D eigenvalue weighted by Gasteiger charge is 2.46. The highest BCUT2D eigenvalue weighted by Crippen LogP contribution is 2.42. The molecule has 5 aliphatic rings. The number of nitrogens with zero attached hydrogens (tertiary/aromatic N) is 6. The van der Waals surface area contributed by atoms with Crippen molar-refractivity contribution in [2.75, 3.05) is 60.9 Å². The molecule has 3 aromatic rings. The second-order valence-electron chi connectivity index (χ2n) is 15.6. The van der Waals surface area contributed by atoms with Gasteiger partial charge in [-0.3, -0.25) is 39.1 Å². The second kappa shape index (κ2) is 15.2. The molecular weight excluding hydrogens is 754 g/mol. The minimum Gasteiger partial charge on any atom is -0.372 e. The van der Waals surface area contributed by atoms with Crippen LogP contribution in [0.15, 0.2) is 54.7 Å². The number of alkyl halides is 3. The fraction of sp³-hybridized carbons (Fsp3) is 0.405. The Morgan fingerprint density at radius 2 is 1.60 bits per heavy atom. The fourth-order valence-corrected chi connectivity index (χ4v) is 8.69. The van der Waals surface area contributed by atoms with Crippen molar-refractivity contribution in [2.45, 2.75) is 50.7 Å². The van der Waals surface area contributed by atoms with Crippen molar-refractivity contribution in [3.63, 3.8) is 0 Å². The summed E-state index contributed by atoms with van der Waals surface area (Å²) >= 11 is 0. The van der Waals surface area contributed by atoms with Crippen molar-refractivity contribution >= 4 is 52.4 Å². The van der Waals surface area contributed by atoms with Crippen molar-refractivity contribution in [3.8, 4) is 11.8 Å². The van der Waals surface area contributed by atoms with Crippen LogP contribution in [-0.2, 0) is 20.6 Å². The van der Waals surface area contributed by atoms with E-state index in [1.54, 1.807) is 35.4 Å². The van der Waals surface area contributed by atoms with Gasteiger partial charge in [0, 0.05) is 74.7 Å². The number of carbonyl (C=O) groups excluding carboxylic acids is 5. The Morgan fingerprint density at radius 3 is 2.28 bits per heavy atom. The monoisotopic (exact) mass is 792 g/mol. The fourth-order valence-electron chi connectivity index (χ4n) is 8.69. The molecule has 16 heteroatoms. The SMILES string of the molecule is [C-]#[N+]c1ccc(N2CCC(C(=O)Nc3ccc(C#CCN4CC5(CCN(c6ccc7c(c6)C(=O)N(C6CCC(=O)NC6=O)C7=O)CC5)C4)cn3)CC2)cc1C(F)(F)F. The van der Waals surface area contributed by atoms with Gasteiger partial charge in [-0.1, -0.05) is 17.9 Å². The van der Waals surface area contributed by atoms with Crippen molar-refractivity contribution < 1.29 is 37.1 Å². The Morgan fingerprint density at radius 1 is 0.914 bits per heavy atom. The summed E-state index contributed by atoms with van der Waals surface area (Å²) in [4.78, 5) is 78.0. The van der Waals surface area contributed by atoms with Crippen molar-refractivity contribution in [1.29, 1.82) is 0 Å². The number of pyridine rings is 1. The van der Waals surface area contributed by atoms with Crippen LogP contribution in [0.25, 0.3) is 4.85 Å². The van der Waals surface area contributed by atoms with E-state index in [0.29, 0.717) is 49.5 Å². The van der Waals surface area contributed by atoms with E-state index < -0.39 is 47.1 Å². The molecule has 2 N–H and O–H groups in total. The van der Waals surface area contributed by atoms with Gasteiger partial charge in [-0.25, -0.2) is 9.83 Å². The van der Waals surface area contributed by atoms with Crippen LogP contribution in [0.1, 0.15) is 70.4 Å². The van der Waals surface area contributed by atoms with Gasteiger partial charge in [0.15, 0.2) is 5.69 Å². The van der Waals surface area contributed by atoms with Crippen LogP contribution in [0.4, 0.5) is 36.1 Å². The lowest BCUT2D eigenvalue weighted by atomic mass is 9.72. The molecule has 5 amide bonds. The number of nitrogens with one attached hydrogen (secondary N) is 2. The third-order valence-corrected chi connectivity index (χ3v) is 11.9. The van der Waals surface area contributed by atoms with Gasteiger partial charge in [0.25, 0.3) is 11.8 Å². The lowest BCUT2D eigenvalue weighted by Gasteiger charge is -2.54. The first-order chi connectivity index (χ1) is 27.8. The van der Waals surface area contributed by atoms with Crippen LogP contribution >= 0.6 is 0 Å². The molecule has 2 aromatic carbocycles. The summed E-state index contributed by atoms with van der Waals surface area (Å²) in [6.07, 6.45) is 0.0467. The Kier molecular flexibility index (Phi) is 10.1. The lowest BCUT2D eigenvalue weighted by molar-refractivity contribution is -0.137. The highest BCUT2D eigenvalue weighted by atomic mass is 19.4. The van der Waals surface area contributed by atoms with E-state index in [0.717, 1.165) is 55.7 Å². The molecule has 5 aliphatic heterocycles. The molecule has 0 saturated carbocycles. The van der Waals surface area contributed by atoms with Crippen LogP contribution in [-0.4, -0.2) is 96.2 Å². The minimum atomic E-state index is -4.63. The molecule has 58 heavy (non-hydrogen) atoms. The van der Waals surface area contributed by atoms with E-state index in [1.165, 1.54) is 12.1 Å². The molecule has 1 spiro atoms. The summed E-state index contributed by atoms with van der Waals surface area (Å²) in [5.41, 5.74) is 1.31. The van der Waals surface area contributed by atoms with Crippen LogP contribution in [0, 0.1) is 29.7 Å². The summed E-state index contributed by atoms with van der Waals surface area (Å²) in [6, 6.07) is 11.5. The molecule has 4 fully saturated rings. The highest BCUT2D eigenvalue weighted by molar-refractivity contribution is 6.23. The molecular formula is C42H39F3N8O5. The summed E-state index contributed by atoms with van der Waals surface area (Å²) in [7, 11) is 0. The molecule has 1 unspecified atom stereocenters. The quantitative estimate of drug-likeness (QED) is 0.204. The first-order valence-corrected chi connectivity index (χ1v) is 19.2. The Balaban J connectivity index is 0.770. The standard InChI is InChI=1S/C42H39F3N8O5/c1-46-33-8-6-29(22-32(33)42(43,44)45)51-17-12-27(13-18-51)37(55)48-35-10-4-26(23-47-35)3-2-16-50-24-41(25-50)14-19-52(20-15-41)28-5-7-30-31(21-28)40(58)53(39(30)57)34-9-11-36(54)49-38(34)56/h4-8,10,21-23,27,34H,9,11-20,24-25H2,(H,47,48,55)(H,49,54,56). The Hall–Kier alpha value is -6.26. The van der Waals surface area contributed by atoms with Crippen LogP contribution in [0.3, 0.4) is 0 Å². The van der Waals surface area contributed by atoms with Gasteiger partial charge in [-0.15, -0.1) is 0 Å². The van der Waals surface area contributed by atoms with Gasteiger partial charge < -0.3 is 15.1 Å². The van der Waals surface area contributed by atoms with Crippen LogP contribution in [0.2, 0.25) is 0 Å². The maximum atomic E-state index is 13.4. The molecule has 4 saturated heterocycles. The smallest absolute Gasteiger partial charge is 0.372 e. The normalized spacial score (nSPS) is 20.9. The largest absolute Gasteiger partial charge is 0.407 e. The number of likely N-dealkylation sites (tertiary alicyclic amines) is 1. The number of anilines is 3. The van der Waals surface area contributed by atoms with Gasteiger partial charge in [0.2, 0.25) is 17.7 Å². The second-order valence-corrected chi connectivity index (χ2v) is 15.6. The predicted molar refractivity (Wildman–Crippen MR) is 206 cm³/mol. The maximum Gasteiger partial charge on any atom is 0.407 e. The zero-order valence-electron chi connectivity index (χ0n) is 31.4. The van der Waals surface area contributed by atoms with E-state index >= 15 is 0 Å². The van der Waals surface area contributed by atoms with E-state index in [-0.39, 0.29) is 41.2 Å². The number of piperidine rings is 3. The zero-order valence-corrected chi connectivity index (χ0v) is 31.4. The van der Waals surface area contributed by atoms with Crippen molar-refractivity contribution in [1.82, 2.24) is 20.1 Å². The third-order valence-electron chi connectivity index (χ3n) is 11.9. The number of imide groups is 2. The predicted octanol–water partition coefficient (Wildman–Crippen LogP) is 4.86. The summed E-state index contributed by atoms with van der Waals surface area (Å²) in [5, 5.41) is 5.07. The van der Waals surface area contributed by atoms with Gasteiger partial charge >= 0.3 is 6.18 Å². The number of aromatic nitrogens is 1. The van der Waals surface area contributed by atoms with E-state index in [1.807, 2.05) is 6.07 Å². The number of halogens is 3. The van der Waals surface area contributed by atoms with E-state index in [9.17, 15) is 37.1 Å². The average molecular weight is 793 g/mol. The number of fused-ring (bicyclic) bond motifs is 1. The molecule has 1 atom stereocenters. The molecule has 298 valence electrons. The molecule has 13 nitrogen and oxygen atoms in total. The Bertz CT molecular complexity index is 2290. The summed E-state index contributed by atoms with van der Waals surface area (Å²) in [5.74, 6) is 4.19. The van der Waals surface area contributed by atoms with Gasteiger partial charge in [-0.05, 0) is 80.0 Å². The van der Waals surface area contributed by atoms with Gasteiger partial charge in [-0.2, -0.15) is 13.2 Å². The first-order valence-electron chi connectivity index (χ1n) is 19.2. The number of benzene rings is 2. The molecule has 0 radical (unpaired) electrons. The number of carbonyl (C=O) groups is 5. The zero-order chi connectivity index (χ0) is 40.8. The molecule has 6 heterocycles. The first kappa shape index (κ1) is 38.6. The van der Waals surface area contributed by atoms with Crippen LogP contribution in [0.5, 0.6) is 0 Å². The Labute approximate surface area is 332 Å². The number of hydrogen-bond acceptors (Lipinski definition) is 9. The van der Waals surface area contributed by atoms with Gasteiger partial charge in [0.05, 0.1) is 29.8 Å². The molecule has 8 rings (SSSR count). The van der Waals surface area contributed by atoms with E-state index in [4.69, 9.17) is 6.57 Å². The number of rotatable bonds is 6. The topological polar surface area (TPSA) is 140 Å². The number of hydrogen-bond donors (Lipinski definition) is 2. The minimum absolute atomic E-state index is 0.0729. The molecule has 0 aliphatic carbocycles. The van der Waals surface area contributed by atoms with Crippen molar-refractivity contribution in [2.24, 2.45) is 11.3 Å². The lowest BCUT2D eigenvalue weighted by Crippen LogP contribution is -2.60.